The van der Waals surface area contributed by atoms with Gasteiger partial charge in [-0.3, -0.25) is 0 Å². The topological polar surface area (TPSA) is 30.5 Å². The van der Waals surface area contributed by atoms with Gasteiger partial charge in [0.15, 0.2) is 6.29 Å². The molecule has 0 fully saturated rings. The first-order valence-corrected chi connectivity index (χ1v) is 7.84. The third-order valence-corrected chi connectivity index (χ3v) is 3.96. The van der Waals surface area contributed by atoms with Gasteiger partial charge in [-0.25, -0.2) is 0 Å². The van der Waals surface area contributed by atoms with Crippen molar-refractivity contribution < 1.29 is 9.47 Å². The van der Waals surface area contributed by atoms with Crippen LogP contribution in [0.2, 0.25) is 0 Å². The molecule has 0 saturated carbocycles. The summed E-state index contributed by atoms with van der Waals surface area (Å²) >= 11 is 0. The molecule has 1 aromatic rings. The molecule has 1 aliphatic carbocycles. The number of hydrogen-bond donors (Lipinski definition) is 1. The number of rotatable bonds is 9. The van der Waals surface area contributed by atoms with Crippen LogP contribution in [0.1, 0.15) is 44.2 Å². The summed E-state index contributed by atoms with van der Waals surface area (Å²) in [5.74, 6) is 0.638. The van der Waals surface area contributed by atoms with Gasteiger partial charge in [-0.1, -0.05) is 31.2 Å². The Balaban J connectivity index is 1.99. The Morgan fingerprint density at radius 3 is 2.45 bits per heavy atom. The Bertz CT molecular complexity index is 402. The van der Waals surface area contributed by atoms with Crippen molar-refractivity contribution in [2.24, 2.45) is 0 Å². The molecule has 0 heterocycles. The number of fused-ring (bicyclic) bond motifs is 1. The lowest BCUT2D eigenvalue weighted by atomic mass is 9.74. The first-order valence-electron chi connectivity index (χ1n) is 7.84. The molecule has 3 heteroatoms. The number of nitrogens with one attached hydrogen (secondary N) is 1. The van der Waals surface area contributed by atoms with Crippen LogP contribution in [0.5, 0.6) is 0 Å². The van der Waals surface area contributed by atoms with Gasteiger partial charge in [-0.15, -0.1) is 0 Å². The summed E-state index contributed by atoms with van der Waals surface area (Å²) in [6, 6.07) is 9.01. The molecule has 2 unspecified atom stereocenters. The van der Waals surface area contributed by atoms with Gasteiger partial charge in [-0.2, -0.15) is 0 Å². The second kappa shape index (κ2) is 7.77. The molecular weight excluding hydrogens is 250 g/mol. The van der Waals surface area contributed by atoms with Gasteiger partial charge in [0, 0.05) is 13.2 Å². The minimum absolute atomic E-state index is 0.141. The third-order valence-electron chi connectivity index (χ3n) is 3.96. The standard InChI is InChI=1S/C17H27NO2/c1-4-18-16(17(19-5-2)20-6-3)12-14-11-13-9-7-8-10-15(13)14/h7-10,14,16-18H,4-6,11-12H2,1-3H3. The summed E-state index contributed by atoms with van der Waals surface area (Å²) in [5, 5.41) is 3.53. The fourth-order valence-corrected chi connectivity index (χ4v) is 3.04. The smallest absolute Gasteiger partial charge is 0.172 e. The predicted molar refractivity (Wildman–Crippen MR) is 82.0 cm³/mol. The zero-order valence-electron chi connectivity index (χ0n) is 12.9. The third kappa shape index (κ3) is 3.60. The maximum Gasteiger partial charge on any atom is 0.172 e. The second-order valence-corrected chi connectivity index (χ2v) is 5.28. The van der Waals surface area contributed by atoms with Crippen molar-refractivity contribution in [3.63, 3.8) is 0 Å². The molecule has 0 radical (unpaired) electrons. The molecule has 0 saturated heterocycles. The molecule has 3 nitrogen and oxygen atoms in total. The number of hydrogen-bond acceptors (Lipinski definition) is 3. The summed E-state index contributed by atoms with van der Waals surface area (Å²) in [6.45, 7) is 8.50. The van der Waals surface area contributed by atoms with Crippen molar-refractivity contribution in [1.82, 2.24) is 5.32 Å². The van der Waals surface area contributed by atoms with Crippen LogP contribution in [-0.2, 0) is 15.9 Å². The molecule has 1 aromatic carbocycles. The van der Waals surface area contributed by atoms with Crippen molar-refractivity contribution in [3.05, 3.63) is 35.4 Å². The highest BCUT2D eigenvalue weighted by Crippen LogP contribution is 2.38. The van der Waals surface area contributed by atoms with Gasteiger partial charge in [0.05, 0.1) is 6.04 Å². The van der Waals surface area contributed by atoms with Crippen LogP contribution in [0.15, 0.2) is 24.3 Å². The monoisotopic (exact) mass is 277 g/mol. The molecule has 2 atom stereocenters. The molecular formula is C17H27NO2. The van der Waals surface area contributed by atoms with Gasteiger partial charge in [0.1, 0.15) is 0 Å². The van der Waals surface area contributed by atoms with E-state index < -0.39 is 0 Å². The van der Waals surface area contributed by atoms with Gasteiger partial charge < -0.3 is 14.8 Å². The zero-order valence-corrected chi connectivity index (χ0v) is 12.9. The lowest BCUT2D eigenvalue weighted by molar-refractivity contribution is -0.155. The van der Waals surface area contributed by atoms with Crippen LogP contribution in [0.4, 0.5) is 0 Å². The van der Waals surface area contributed by atoms with Gasteiger partial charge in [-0.05, 0) is 50.3 Å². The van der Waals surface area contributed by atoms with Crippen LogP contribution in [0, 0.1) is 0 Å². The van der Waals surface area contributed by atoms with Gasteiger partial charge in [0.25, 0.3) is 0 Å². The highest BCUT2D eigenvalue weighted by molar-refractivity contribution is 5.39. The quantitative estimate of drug-likeness (QED) is 0.704. The molecule has 0 bridgehead atoms. The van der Waals surface area contributed by atoms with Gasteiger partial charge >= 0.3 is 0 Å². The predicted octanol–water partition coefficient (Wildman–Crippen LogP) is 3.09. The number of ether oxygens (including phenoxy) is 2. The van der Waals surface area contributed by atoms with E-state index in [1.807, 2.05) is 13.8 Å². The van der Waals surface area contributed by atoms with Crippen LogP contribution < -0.4 is 5.32 Å². The van der Waals surface area contributed by atoms with Crippen molar-refractivity contribution in [3.8, 4) is 0 Å². The summed E-state index contributed by atoms with van der Waals surface area (Å²) in [4.78, 5) is 0. The van der Waals surface area contributed by atoms with Crippen molar-refractivity contribution in [1.29, 1.82) is 0 Å². The lowest BCUT2D eigenvalue weighted by Gasteiger charge is -2.36. The molecule has 2 rings (SSSR count). The molecule has 0 aliphatic heterocycles. The highest BCUT2D eigenvalue weighted by Gasteiger charge is 2.31. The minimum Gasteiger partial charge on any atom is -0.351 e. The first-order chi connectivity index (χ1) is 9.80. The Labute approximate surface area is 122 Å². The van der Waals surface area contributed by atoms with Crippen molar-refractivity contribution in [2.45, 2.75) is 51.9 Å². The van der Waals surface area contributed by atoms with Crippen LogP contribution in [0.25, 0.3) is 0 Å². The summed E-state index contributed by atoms with van der Waals surface area (Å²) in [5.41, 5.74) is 3.00. The molecule has 0 spiro atoms. The van der Waals surface area contributed by atoms with Gasteiger partial charge in [0.2, 0.25) is 0 Å². The zero-order chi connectivity index (χ0) is 14.4. The summed E-state index contributed by atoms with van der Waals surface area (Å²) in [7, 11) is 0. The van der Waals surface area contributed by atoms with E-state index in [9.17, 15) is 0 Å². The average Bonchev–Trinajstić information content (AvgIpc) is 2.43. The molecule has 1 aliphatic rings. The van der Waals surface area contributed by atoms with Crippen LogP contribution >= 0.6 is 0 Å². The normalized spacial score (nSPS) is 18.7. The van der Waals surface area contributed by atoms with E-state index >= 15 is 0 Å². The van der Waals surface area contributed by atoms with Crippen LogP contribution in [-0.4, -0.2) is 32.1 Å². The summed E-state index contributed by atoms with van der Waals surface area (Å²) < 4.78 is 11.5. The molecule has 20 heavy (non-hydrogen) atoms. The molecule has 0 aromatic heterocycles. The van der Waals surface area contributed by atoms with Crippen molar-refractivity contribution >= 4 is 0 Å². The van der Waals surface area contributed by atoms with E-state index in [-0.39, 0.29) is 12.3 Å². The molecule has 112 valence electrons. The first kappa shape index (κ1) is 15.5. The Morgan fingerprint density at radius 1 is 1.15 bits per heavy atom. The van der Waals surface area contributed by atoms with E-state index in [4.69, 9.17) is 9.47 Å². The largest absolute Gasteiger partial charge is 0.351 e. The lowest BCUT2D eigenvalue weighted by Crippen LogP contribution is -2.45. The number of likely N-dealkylation sites (N-methyl/N-ethyl adjacent to an activating group) is 1. The van der Waals surface area contributed by atoms with E-state index in [1.165, 1.54) is 17.5 Å². The Morgan fingerprint density at radius 2 is 1.85 bits per heavy atom. The maximum absolute atomic E-state index is 5.77. The fraction of sp³-hybridized carbons (Fsp3) is 0.647. The average molecular weight is 277 g/mol. The fourth-order valence-electron chi connectivity index (χ4n) is 3.04. The molecule has 1 N–H and O–H groups in total. The Hall–Kier alpha value is -0.900. The van der Waals surface area contributed by atoms with E-state index in [1.54, 1.807) is 0 Å². The SMILES string of the molecule is CCNC(CC1Cc2ccccc21)C(OCC)OCC. The van der Waals surface area contributed by atoms with Crippen molar-refractivity contribution in [2.75, 3.05) is 19.8 Å². The highest BCUT2D eigenvalue weighted by atomic mass is 16.7. The minimum atomic E-state index is -0.141. The Kier molecular flexibility index (Phi) is 6.02. The van der Waals surface area contributed by atoms with Crippen LogP contribution in [0.3, 0.4) is 0 Å². The number of benzene rings is 1. The maximum atomic E-state index is 5.77. The van der Waals surface area contributed by atoms with E-state index in [0.29, 0.717) is 19.1 Å². The summed E-state index contributed by atoms with van der Waals surface area (Å²) in [6.07, 6.45) is 2.12. The van der Waals surface area contributed by atoms with E-state index in [2.05, 4.69) is 36.5 Å². The molecule has 0 amide bonds. The second-order valence-electron chi connectivity index (χ2n) is 5.28. The van der Waals surface area contributed by atoms with E-state index in [0.717, 1.165) is 13.0 Å².